The van der Waals surface area contributed by atoms with Crippen molar-refractivity contribution in [2.75, 3.05) is 19.5 Å². The molecular formula is C14H15NO. The van der Waals surface area contributed by atoms with Gasteiger partial charge in [0, 0.05) is 18.3 Å². The lowest BCUT2D eigenvalue weighted by Crippen LogP contribution is -1.92. The monoisotopic (exact) mass is 213 g/mol. The quantitative estimate of drug-likeness (QED) is 0.843. The van der Waals surface area contributed by atoms with Crippen LogP contribution >= 0.6 is 0 Å². The van der Waals surface area contributed by atoms with Crippen LogP contribution in [0, 0.1) is 0 Å². The van der Waals surface area contributed by atoms with Crippen LogP contribution in [-0.2, 0) is 0 Å². The summed E-state index contributed by atoms with van der Waals surface area (Å²) in [6, 6.07) is 16.3. The van der Waals surface area contributed by atoms with E-state index in [1.165, 1.54) is 0 Å². The second-order valence-corrected chi connectivity index (χ2v) is 3.53. The number of hydrogen-bond acceptors (Lipinski definition) is 2. The van der Waals surface area contributed by atoms with Crippen LogP contribution in [0.15, 0.2) is 48.5 Å². The first kappa shape index (κ1) is 10.6. The Labute approximate surface area is 95.9 Å². The van der Waals surface area contributed by atoms with Gasteiger partial charge >= 0.3 is 0 Å². The fourth-order valence-electron chi connectivity index (χ4n) is 1.71. The van der Waals surface area contributed by atoms with Gasteiger partial charge in [-0.15, -0.1) is 0 Å². The van der Waals surface area contributed by atoms with Crippen LogP contribution in [-0.4, -0.2) is 14.2 Å². The lowest BCUT2D eigenvalue weighted by Gasteiger charge is -2.10. The molecule has 0 fully saturated rings. The summed E-state index contributed by atoms with van der Waals surface area (Å²) in [5.41, 5.74) is 3.35. The molecule has 0 aromatic heterocycles. The second-order valence-electron chi connectivity index (χ2n) is 3.53. The first-order valence-corrected chi connectivity index (χ1v) is 5.26. The van der Waals surface area contributed by atoms with Crippen molar-refractivity contribution >= 4 is 5.69 Å². The number of benzene rings is 2. The van der Waals surface area contributed by atoms with E-state index in [1.807, 2.05) is 37.4 Å². The summed E-state index contributed by atoms with van der Waals surface area (Å²) >= 11 is 0. The van der Waals surface area contributed by atoms with E-state index in [-0.39, 0.29) is 0 Å². The maximum atomic E-state index is 5.37. The summed E-state index contributed by atoms with van der Waals surface area (Å²) in [4.78, 5) is 0. The molecule has 0 amide bonds. The van der Waals surface area contributed by atoms with Crippen molar-refractivity contribution in [2.24, 2.45) is 0 Å². The zero-order valence-electron chi connectivity index (χ0n) is 9.53. The van der Waals surface area contributed by atoms with Crippen LogP contribution in [0.25, 0.3) is 11.1 Å². The van der Waals surface area contributed by atoms with Gasteiger partial charge in [-0.1, -0.05) is 30.3 Å². The van der Waals surface area contributed by atoms with Gasteiger partial charge < -0.3 is 10.1 Å². The molecule has 0 unspecified atom stereocenters. The fourth-order valence-corrected chi connectivity index (χ4v) is 1.71. The van der Waals surface area contributed by atoms with E-state index >= 15 is 0 Å². The predicted molar refractivity (Wildman–Crippen MR) is 68.0 cm³/mol. The largest absolute Gasteiger partial charge is 0.496 e. The third-order valence-corrected chi connectivity index (χ3v) is 2.57. The first-order chi connectivity index (χ1) is 7.85. The van der Waals surface area contributed by atoms with Crippen molar-refractivity contribution in [3.8, 4) is 16.9 Å². The molecule has 0 heterocycles. The molecule has 0 aliphatic carbocycles. The second kappa shape index (κ2) is 4.71. The molecule has 0 spiro atoms. The van der Waals surface area contributed by atoms with Crippen LogP contribution in [0.5, 0.6) is 5.75 Å². The highest BCUT2D eigenvalue weighted by Gasteiger charge is 2.05. The molecular weight excluding hydrogens is 198 g/mol. The van der Waals surface area contributed by atoms with Gasteiger partial charge in [0.05, 0.1) is 7.11 Å². The van der Waals surface area contributed by atoms with Crippen molar-refractivity contribution in [3.05, 3.63) is 48.5 Å². The van der Waals surface area contributed by atoms with Gasteiger partial charge in [0.2, 0.25) is 0 Å². The van der Waals surface area contributed by atoms with Crippen molar-refractivity contribution in [2.45, 2.75) is 0 Å². The first-order valence-electron chi connectivity index (χ1n) is 5.26. The molecule has 0 saturated carbocycles. The van der Waals surface area contributed by atoms with Gasteiger partial charge in [-0.05, 0) is 23.8 Å². The summed E-state index contributed by atoms with van der Waals surface area (Å²) < 4.78 is 5.37. The Balaban J connectivity index is 2.53. The Morgan fingerprint density at radius 1 is 1.00 bits per heavy atom. The maximum absolute atomic E-state index is 5.37. The summed E-state index contributed by atoms with van der Waals surface area (Å²) in [5, 5.41) is 3.13. The summed E-state index contributed by atoms with van der Waals surface area (Å²) in [5.74, 6) is 0.894. The molecule has 2 rings (SSSR count). The van der Waals surface area contributed by atoms with Crippen molar-refractivity contribution in [1.82, 2.24) is 0 Å². The molecule has 1 N–H and O–H groups in total. The zero-order valence-corrected chi connectivity index (χ0v) is 9.53. The van der Waals surface area contributed by atoms with Crippen molar-refractivity contribution < 1.29 is 4.74 Å². The van der Waals surface area contributed by atoms with E-state index in [1.54, 1.807) is 7.11 Å². The standard InChI is InChI=1S/C14H15NO/c1-15-12-8-9-14(16-2)13(10-12)11-6-4-3-5-7-11/h3-10,15H,1-2H3. The normalized spacial score (nSPS) is 9.88. The Kier molecular flexibility index (Phi) is 3.10. The number of ether oxygens (including phenoxy) is 1. The molecule has 2 heteroatoms. The number of anilines is 1. The number of methoxy groups -OCH3 is 1. The van der Waals surface area contributed by atoms with Crippen LogP contribution < -0.4 is 10.1 Å². The lowest BCUT2D eigenvalue weighted by molar-refractivity contribution is 0.416. The van der Waals surface area contributed by atoms with Crippen LogP contribution in [0.4, 0.5) is 5.69 Å². The molecule has 0 aliphatic heterocycles. The number of hydrogen-bond donors (Lipinski definition) is 1. The third kappa shape index (κ3) is 2.01. The van der Waals surface area contributed by atoms with Crippen molar-refractivity contribution in [1.29, 1.82) is 0 Å². The van der Waals surface area contributed by atoms with E-state index in [4.69, 9.17) is 4.74 Å². The molecule has 16 heavy (non-hydrogen) atoms. The highest BCUT2D eigenvalue weighted by molar-refractivity contribution is 5.74. The van der Waals surface area contributed by atoms with Gasteiger partial charge in [-0.3, -0.25) is 0 Å². The SMILES string of the molecule is CNc1ccc(OC)c(-c2ccccc2)c1. The molecule has 2 aromatic carbocycles. The van der Waals surface area contributed by atoms with E-state index in [0.717, 1.165) is 22.6 Å². The van der Waals surface area contributed by atoms with Gasteiger partial charge in [0.15, 0.2) is 0 Å². The predicted octanol–water partition coefficient (Wildman–Crippen LogP) is 3.40. The summed E-state index contributed by atoms with van der Waals surface area (Å²) in [6.45, 7) is 0. The topological polar surface area (TPSA) is 21.3 Å². The van der Waals surface area contributed by atoms with Gasteiger partial charge in [-0.25, -0.2) is 0 Å². The molecule has 0 aliphatic rings. The van der Waals surface area contributed by atoms with Crippen molar-refractivity contribution in [3.63, 3.8) is 0 Å². The fraction of sp³-hybridized carbons (Fsp3) is 0.143. The third-order valence-electron chi connectivity index (χ3n) is 2.57. The van der Waals surface area contributed by atoms with Crippen LogP contribution in [0.1, 0.15) is 0 Å². The van der Waals surface area contributed by atoms with Crippen LogP contribution in [0.2, 0.25) is 0 Å². The Morgan fingerprint density at radius 2 is 1.75 bits per heavy atom. The van der Waals surface area contributed by atoms with Gasteiger partial charge in [-0.2, -0.15) is 0 Å². The highest BCUT2D eigenvalue weighted by Crippen LogP contribution is 2.32. The highest BCUT2D eigenvalue weighted by atomic mass is 16.5. The van der Waals surface area contributed by atoms with Gasteiger partial charge in [0.25, 0.3) is 0 Å². The summed E-state index contributed by atoms with van der Waals surface area (Å²) in [6.07, 6.45) is 0. The van der Waals surface area contributed by atoms with Crippen LogP contribution in [0.3, 0.4) is 0 Å². The Bertz CT molecular complexity index is 465. The van der Waals surface area contributed by atoms with E-state index in [0.29, 0.717) is 0 Å². The molecule has 82 valence electrons. The lowest BCUT2D eigenvalue weighted by atomic mass is 10.0. The maximum Gasteiger partial charge on any atom is 0.126 e. The minimum absolute atomic E-state index is 0.894. The summed E-state index contributed by atoms with van der Waals surface area (Å²) in [7, 11) is 3.61. The molecule has 0 bridgehead atoms. The minimum atomic E-state index is 0.894. The number of rotatable bonds is 3. The minimum Gasteiger partial charge on any atom is -0.496 e. The average Bonchev–Trinajstić information content (AvgIpc) is 2.39. The molecule has 0 atom stereocenters. The number of nitrogens with one attached hydrogen (secondary N) is 1. The molecule has 2 aromatic rings. The zero-order chi connectivity index (χ0) is 11.4. The average molecular weight is 213 g/mol. The Hall–Kier alpha value is -1.96. The molecule has 0 radical (unpaired) electrons. The van der Waals surface area contributed by atoms with E-state index < -0.39 is 0 Å². The molecule has 2 nitrogen and oxygen atoms in total. The van der Waals surface area contributed by atoms with E-state index in [9.17, 15) is 0 Å². The van der Waals surface area contributed by atoms with E-state index in [2.05, 4.69) is 23.5 Å². The molecule has 0 saturated heterocycles. The Morgan fingerprint density at radius 3 is 2.38 bits per heavy atom. The van der Waals surface area contributed by atoms with Gasteiger partial charge in [0.1, 0.15) is 5.75 Å². The smallest absolute Gasteiger partial charge is 0.126 e.